The maximum atomic E-state index is 8.10. The quantitative estimate of drug-likeness (QED) is 0.721. The molecule has 142 valence electrons. The van der Waals surface area contributed by atoms with E-state index >= 15 is 0 Å². The topological polar surface area (TPSA) is 104 Å². The zero-order chi connectivity index (χ0) is 19.0. The van der Waals surface area contributed by atoms with E-state index in [1.807, 2.05) is 6.07 Å². The maximum absolute atomic E-state index is 8.10. The first kappa shape index (κ1) is 17.9. The lowest BCUT2D eigenvalue weighted by Gasteiger charge is -2.39. The van der Waals surface area contributed by atoms with Crippen LogP contribution in [0.25, 0.3) is 16.5 Å². The van der Waals surface area contributed by atoms with Crippen molar-refractivity contribution in [1.82, 2.24) is 20.3 Å². The van der Waals surface area contributed by atoms with E-state index in [0.717, 1.165) is 42.9 Å². The fraction of sp³-hybridized carbons (Fsp3) is 0.500. The number of hydrogen-bond donors (Lipinski definition) is 3. The van der Waals surface area contributed by atoms with Crippen molar-refractivity contribution in [3.63, 3.8) is 0 Å². The van der Waals surface area contributed by atoms with Crippen molar-refractivity contribution in [2.75, 3.05) is 31.1 Å². The smallest absolute Gasteiger partial charge is 0.165 e. The highest BCUT2D eigenvalue weighted by Gasteiger charge is 2.37. The van der Waals surface area contributed by atoms with Gasteiger partial charge in [0.2, 0.25) is 0 Å². The van der Waals surface area contributed by atoms with Crippen LogP contribution < -0.4 is 16.0 Å². The van der Waals surface area contributed by atoms with Gasteiger partial charge in [0.1, 0.15) is 5.82 Å². The molecule has 4 rings (SSSR count). The number of nitrogens with two attached hydrogens (primary N) is 1. The molecule has 2 aliphatic rings. The minimum Gasteiger partial charge on any atom is -0.402 e. The predicted molar refractivity (Wildman–Crippen MR) is 109 cm³/mol. The van der Waals surface area contributed by atoms with Gasteiger partial charge >= 0.3 is 0 Å². The van der Waals surface area contributed by atoms with E-state index in [4.69, 9.17) is 16.1 Å². The highest BCUT2D eigenvalue weighted by Crippen LogP contribution is 2.39. The molecule has 4 heterocycles. The number of rotatable bonds is 3. The zero-order valence-electron chi connectivity index (χ0n) is 16.0. The predicted octanol–water partition coefficient (Wildman–Crippen LogP) is 2.33. The Morgan fingerprint density at radius 1 is 1.22 bits per heavy atom. The fourth-order valence-electron chi connectivity index (χ4n) is 4.37. The van der Waals surface area contributed by atoms with Gasteiger partial charge in [-0.05, 0) is 51.1 Å². The summed E-state index contributed by atoms with van der Waals surface area (Å²) in [7, 11) is 0. The lowest BCUT2D eigenvalue weighted by atomic mass is 9.78. The Morgan fingerprint density at radius 2 is 2.00 bits per heavy atom. The molecule has 4 N–H and O–H groups in total. The van der Waals surface area contributed by atoms with Crippen molar-refractivity contribution >= 4 is 28.0 Å². The second-order valence-corrected chi connectivity index (χ2v) is 7.86. The minimum atomic E-state index is 0.374. The first-order valence-electron chi connectivity index (χ1n) is 9.59. The molecule has 7 nitrogen and oxygen atoms in total. The number of nitrogens with one attached hydrogen (secondary N) is 2. The van der Waals surface area contributed by atoms with Crippen LogP contribution in [0.1, 0.15) is 38.9 Å². The van der Waals surface area contributed by atoms with Gasteiger partial charge in [0.25, 0.3) is 0 Å². The summed E-state index contributed by atoms with van der Waals surface area (Å²) in [4.78, 5) is 16.1. The number of piperidine rings is 1. The molecule has 0 aromatic carbocycles. The van der Waals surface area contributed by atoms with Crippen molar-refractivity contribution in [2.24, 2.45) is 11.1 Å². The summed E-state index contributed by atoms with van der Waals surface area (Å²) in [5.74, 6) is 1.44. The number of allylic oxidation sites excluding steroid dienone is 2. The third-order valence-corrected chi connectivity index (χ3v) is 5.93. The average Bonchev–Trinajstić information content (AvgIpc) is 3.09. The Bertz CT molecular complexity index is 898. The molecule has 0 aliphatic carbocycles. The van der Waals surface area contributed by atoms with Gasteiger partial charge < -0.3 is 21.4 Å². The SMILES string of the molecule is CC(=N)C(=C(C)N)c1nc(N2CCC3(CCNC3)CC2)c2ccncc2n1. The third kappa shape index (κ3) is 3.27. The molecule has 0 unspecified atom stereocenters. The number of pyridine rings is 1. The van der Waals surface area contributed by atoms with E-state index in [0.29, 0.717) is 28.2 Å². The standard InChI is InChI=1S/C20H27N7/c1-13(21)17(14(2)22)18-25-16-11-23-7-3-15(16)19(26-18)27-9-5-20(6-10-27)4-8-24-12-20/h3,7,11,21,24H,4-6,8-10,12,22H2,1-2H3. The summed E-state index contributed by atoms with van der Waals surface area (Å²) in [6, 6.07) is 1.98. The van der Waals surface area contributed by atoms with E-state index in [-0.39, 0.29) is 0 Å². The zero-order valence-corrected chi connectivity index (χ0v) is 16.0. The summed E-state index contributed by atoms with van der Waals surface area (Å²) in [5.41, 5.74) is 8.83. The first-order valence-corrected chi connectivity index (χ1v) is 9.59. The van der Waals surface area contributed by atoms with Crippen molar-refractivity contribution in [1.29, 1.82) is 5.41 Å². The summed E-state index contributed by atoms with van der Waals surface area (Å²) < 4.78 is 0. The second-order valence-electron chi connectivity index (χ2n) is 7.86. The van der Waals surface area contributed by atoms with Crippen molar-refractivity contribution < 1.29 is 0 Å². The Labute approximate surface area is 159 Å². The van der Waals surface area contributed by atoms with Crippen LogP contribution in [0.4, 0.5) is 5.82 Å². The largest absolute Gasteiger partial charge is 0.402 e. The van der Waals surface area contributed by atoms with Crippen LogP contribution in [0, 0.1) is 10.8 Å². The first-order chi connectivity index (χ1) is 13.0. The van der Waals surface area contributed by atoms with E-state index in [1.54, 1.807) is 26.2 Å². The molecule has 2 aliphatic heterocycles. The van der Waals surface area contributed by atoms with Crippen LogP contribution in [0.15, 0.2) is 24.2 Å². The van der Waals surface area contributed by atoms with Crippen molar-refractivity contribution in [2.45, 2.75) is 33.1 Å². The van der Waals surface area contributed by atoms with Crippen LogP contribution in [0.2, 0.25) is 0 Å². The molecule has 0 bridgehead atoms. The number of nitrogens with zero attached hydrogens (tertiary/aromatic N) is 4. The number of anilines is 1. The monoisotopic (exact) mass is 365 g/mol. The normalized spacial score (nSPS) is 20.1. The molecular weight excluding hydrogens is 338 g/mol. The molecule has 1 spiro atoms. The molecule has 2 fully saturated rings. The average molecular weight is 365 g/mol. The number of hydrogen-bond acceptors (Lipinski definition) is 7. The number of fused-ring (bicyclic) bond motifs is 1. The third-order valence-electron chi connectivity index (χ3n) is 5.93. The van der Waals surface area contributed by atoms with Gasteiger partial charge in [-0.25, -0.2) is 9.97 Å². The van der Waals surface area contributed by atoms with Gasteiger partial charge in [-0.3, -0.25) is 4.98 Å². The number of aromatic nitrogens is 3. The van der Waals surface area contributed by atoms with Gasteiger partial charge in [0.15, 0.2) is 5.82 Å². The van der Waals surface area contributed by atoms with Crippen molar-refractivity contribution in [3.8, 4) is 0 Å². The molecule has 0 radical (unpaired) electrons. The Kier molecular flexibility index (Phi) is 4.55. The van der Waals surface area contributed by atoms with E-state index in [2.05, 4.69) is 20.2 Å². The summed E-state index contributed by atoms with van der Waals surface area (Å²) in [6.45, 7) is 7.75. The van der Waals surface area contributed by atoms with E-state index in [9.17, 15) is 0 Å². The van der Waals surface area contributed by atoms with Gasteiger partial charge in [-0.2, -0.15) is 0 Å². The molecule has 7 heteroatoms. The van der Waals surface area contributed by atoms with Crippen LogP contribution in [0.5, 0.6) is 0 Å². The maximum Gasteiger partial charge on any atom is 0.165 e. The molecule has 2 saturated heterocycles. The molecule has 0 saturated carbocycles. The lowest BCUT2D eigenvalue weighted by molar-refractivity contribution is 0.247. The summed E-state index contributed by atoms with van der Waals surface area (Å²) in [6.07, 6.45) is 7.17. The van der Waals surface area contributed by atoms with Crippen LogP contribution in [-0.2, 0) is 0 Å². The highest BCUT2D eigenvalue weighted by atomic mass is 15.2. The van der Waals surface area contributed by atoms with Gasteiger partial charge in [0.05, 0.1) is 17.3 Å². The molecule has 2 aromatic rings. The lowest BCUT2D eigenvalue weighted by Crippen LogP contribution is -2.41. The second kappa shape index (κ2) is 6.88. The molecule has 0 atom stereocenters. The molecular formula is C20H27N7. The van der Waals surface area contributed by atoms with Gasteiger partial charge in [-0.1, -0.05) is 0 Å². The molecule has 27 heavy (non-hydrogen) atoms. The van der Waals surface area contributed by atoms with E-state index in [1.165, 1.54) is 19.3 Å². The molecule has 0 amide bonds. The Morgan fingerprint density at radius 3 is 2.63 bits per heavy atom. The van der Waals surface area contributed by atoms with Crippen LogP contribution in [0.3, 0.4) is 0 Å². The fourth-order valence-corrected chi connectivity index (χ4v) is 4.37. The van der Waals surface area contributed by atoms with Crippen molar-refractivity contribution in [3.05, 3.63) is 30.0 Å². The van der Waals surface area contributed by atoms with Gasteiger partial charge in [-0.15, -0.1) is 0 Å². The summed E-state index contributed by atoms with van der Waals surface area (Å²) in [5, 5.41) is 12.6. The highest BCUT2D eigenvalue weighted by molar-refractivity contribution is 6.21. The minimum absolute atomic E-state index is 0.374. The Balaban J connectivity index is 1.76. The molecule has 2 aromatic heterocycles. The Hall–Kier alpha value is -2.54. The van der Waals surface area contributed by atoms with Crippen LogP contribution in [-0.4, -0.2) is 46.8 Å². The van der Waals surface area contributed by atoms with Gasteiger partial charge in [0, 0.05) is 42.6 Å². The van der Waals surface area contributed by atoms with E-state index < -0.39 is 0 Å². The summed E-state index contributed by atoms with van der Waals surface area (Å²) >= 11 is 0. The van der Waals surface area contributed by atoms with Crippen LogP contribution >= 0.6 is 0 Å².